The Balaban J connectivity index is 2.51. The number of carbonyl (C=O) groups is 1. The number of ether oxygens (including phenoxy) is 1. The molecule has 0 aliphatic rings. The molecule has 0 radical (unpaired) electrons. The highest BCUT2D eigenvalue weighted by molar-refractivity contribution is 7.72. The quantitative estimate of drug-likeness (QED) is 0.876. The van der Waals surface area contributed by atoms with E-state index in [9.17, 15) is 13.2 Å². The molecule has 0 heterocycles. The summed E-state index contributed by atoms with van der Waals surface area (Å²) in [6, 6.07) is 12.0. The van der Waals surface area contributed by atoms with Gasteiger partial charge in [0.15, 0.2) is 10.7 Å². The van der Waals surface area contributed by atoms with Crippen molar-refractivity contribution in [1.29, 1.82) is 0 Å². The van der Waals surface area contributed by atoms with Crippen LogP contribution in [0.15, 0.2) is 47.4 Å². The molecule has 0 aliphatic heterocycles. The predicted octanol–water partition coefficient (Wildman–Crippen LogP) is 2.03. The largest absolute Gasteiger partial charge is 0.495 e. The van der Waals surface area contributed by atoms with Gasteiger partial charge in [0.1, 0.15) is 10.6 Å². The summed E-state index contributed by atoms with van der Waals surface area (Å²) >= 11 is 0. The summed E-state index contributed by atoms with van der Waals surface area (Å²) in [7, 11) is 2.03. The first-order valence-corrected chi connectivity index (χ1v) is 7.76. The van der Waals surface area contributed by atoms with Crippen LogP contribution in [0.3, 0.4) is 0 Å². The van der Waals surface area contributed by atoms with Gasteiger partial charge in [0, 0.05) is 19.7 Å². The summed E-state index contributed by atoms with van der Waals surface area (Å²) in [4.78, 5) is 13.6. The molecule has 22 heavy (non-hydrogen) atoms. The fourth-order valence-corrected chi connectivity index (χ4v) is 2.69. The molecule has 116 valence electrons. The molecule has 0 spiro atoms. The number of hydrogen-bond donors (Lipinski definition) is 1. The lowest BCUT2D eigenvalue weighted by molar-refractivity contribution is 0.0827. The molecule has 2 aromatic carbocycles. The van der Waals surface area contributed by atoms with Gasteiger partial charge in [-0.15, -0.1) is 0 Å². The minimum atomic E-state index is -2.76. The highest BCUT2D eigenvalue weighted by Crippen LogP contribution is 2.28. The maximum absolute atomic E-state index is 12.0. The SMILES string of the molecule is COc1ccc(-c2cccc(C(=O)N(C)C)c2)cc1[SH](=O)=O. The molecular formula is C16H17NO4S. The van der Waals surface area contributed by atoms with Crippen molar-refractivity contribution in [3.63, 3.8) is 0 Å². The van der Waals surface area contributed by atoms with Crippen LogP contribution in [-0.4, -0.2) is 40.4 Å². The Morgan fingerprint density at radius 2 is 1.73 bits per heavy atom. The second-order valence-corrected chi connectivity index (χ2v) is 5.92. The highest BCUT2D eigenvalue weighted by Gasteiger charge is 2.11. The van der Waals surface area contributed by atoms with Gasteiger partial charge in [0.25, 0.3) is 5.91 Å². The summed E-state index contributed by atoms with van der Waals surface area (Å²) in [6.07, 6.45) is 0. The summed E-state index contributed by atoms with van der Waals surface area (Å²) in [5, 5.41) is 0. The number of amides is 1. The first-order valence-electron chi connectivity index (χ1n) is 6.58. The third-order valence-electron chi connectivity index (χ3n) is 3.22. The van der Waals surface area contributed by atoms with E-state index in [0.29, 0.717) is 16.9 Å². The van der Waals surface area contributed by atoms with Crippen molar-refractivity contribution < 1.29 is 17.9 Å². The van der Waals surface area contributed by atoms with E-state index in [1.165, 1.54) is 12.0 Å². The first-order chi connectivity index (χ1) is 10.4. The van der Waals surface area contributed by atoms with Crippen molar-refractivity contribution in [3.05, 3.63) is 48.0 Å². The van der Waals surface area contributed by atoms with E-state index in [-0.39, 0.29) is 10.8 Å². The van der Waals surface area contributed by atoms with Gasteiger partial charge in [-0.25, -0.2) is 8.42 Å². The molecule has 2 rings (SSSR count). The topological polar surface area (TPSA) is 63.7 Å². The summed E-state index contributed by atoms with van der Waals surface area (Å²) in [6.45, 7) is 0. The molecule has 2 aromatic rings. The van der Waals surface area contributed by atoms with E-state index in [2.05, 4.69) is 0 Å². The van der Waals surface area contributed by atoms with E-state index in [1.54, 1.807) is 50.5 Å². The van der Waals surface area contributed by atoms with Crippen LogP contribution in [0.2, 0.25) is 0 Å². The molecular weight excluding hydrogens is 302 g/mol. The van der Waals surface area contributed by atoms with E-state index >= 15 is 0 Å². The van der Waals surface area contributed by atoms with Crippen LogP contribution in [0.25, 0.3) is 11.1 Å². The molecule has 0 aliphatic carbocycles. The van der Waals surface area contributed by atoms with Gasteiger partial charge in [0.05, 0.1) is 7.11 Å². The molecule has 0 aromatic heterocycles. The second kappa shape index (κ2) is 6.62. The fourth-order valence-electron chi connectivity index (χ4n) is 2.10. The standard InChI is InChI=1S/C16H17NO4S/c1-17(2)16(18)13-6-4-5-11(9-13)12-7-8-14(21-3)15(10-12)22(19)20/h4-10,22H,1-3H3. The Labute approximate surface area is 131 Å². The number of thiol groups is 1. The second-order valence-electron chi connectivity index (χ2n) is 4.92. The fraction of sp³-hybridized carbons (Fsp3) is 0.188. The Hall–Kier alpha value is -2.34. The Morgan fingerprint density at radius 1 is 1.05 bits per heavy atom. The average molecular weight is 319 g/mol. The van der Waals surface area contributed by atoms with E-state index in [1.807, 2.05) is 6.07 Å². The van der Waals surface area contributed by atoms with Gasteiger partial charge in [-0.3, -0.25) is 4.79 Å². The third-order valence-corrected chi connectivity index (χ3v) is 3.97. The molecule has 0 saturated heterocycles. The van der Waals surface area contributed by atoms with Crippen LogP contribution < -0.4 is 4.74 Å². The van der Waals surface area contributed by atoms with Crippen molar-refractivity contribution in [1.82, 2.24) is 4.90 Å². The summed E-state index contributed by atoms with van der Waals surface area (Å²) in [5.41, 5.74) is 2.03. The number of rotatable bonds is 4. The maximum atomic E-state index is 12.0. The number of nitrogens with zero attached hydrogens (tertiary/aromatic N) is 1. The van der Waals surface area contributed by atoms with Gasteiger partial charge in [-0.2, -0.15) is 0 Å². The van der Waals surface area contributed by atoms with Gasteiger partial charge in [-0.1, -0.05) is 18.2 Å². The Bertz CT molecular complexity index is 773. The number of hydrogen-bond acceptors (Lipinski definition) is 4. The smallest absolute Gasteiger partial charge is 0.253 e. The van der Waals surface area contributed by atoms with Crippen LogP contribution >= 0.6 is 0 Å². The van der Waals surface area contributed by atoms with Crippen LogP contribution in [0, 0.1) is 0 Å². The third kappa shape index (κ3) is 3.28. The maximum Gasteiger partial charge on any atom is 0.253 e. The van der Waals surface area contributed by atoms with Crippen LogP contribution in [0.4, 0.5) is 0 Å². The van der Waals surface area contributed by atoms with Crippen molar-refractivity contribution in [2.75, 3.05) is 21.2 Å². The molecule has 1 amide bonds. The van der Waals surface area contributed by atoms with Gasteiger partial charge >= 0.3 is 0 Å². The zero-order valence-electron chi connectivity index (χ0n) is 12.6. The van der Waals surface area contributed by atoms with E-state index in [0.717, 1.165) is 5.56 Å². The molecule has 0 unspecified atom stereocenters. The summed E-state index contributed by atoms with van der Waals surface area (Å²) < 4.78 is 27.7. The number of benzene rings is 2. The summed E-state index contributed by atoms with van der Waals surface area (Å²) in [5.74, 6) is 0.200. The van der Waals surface area contributed by atoms with Crippen molar-refractivity contribution in [3.8, 4) is 16.9 Å². The van der Waals surface area contributed by atoms with E-state index in [4.69, 9.17) is 4.74 Å². The lowest BCUT2D eigenvalue weighted by atomic mass is 10.0. The lowest BCUT2D eigenvalue weighted by Gasteiger charge is -2.12. The normalized spacial score (nSPS) is 10.5. The molecule has 0 N–H and O–H groups in total. The van der Waals surface area contributed by atoms with E-state index < -0.39 is 10.7 Å². The Kier molecular flexibility index (Phi) is 4.82. The molecule has 0 bridgehead atoms. The average Bonchev–Trinajstić information content (AvgIpc) is 2.53. The zero-order valence-corrected chi connectivity index (χ0v) is 13.5. The van der Waals surface area contributed by atoms with Crippen molar-refractivity contribution >= 4 is 16.6 Å². The number of carbonyl (C=O) groups excluding carboxylic acids is 1. The van der Waals surface area contributed by atoms with Crippen LogP contribution in [-0.2, 0) is 10.7 Å². The molecule has 0 saturated carbocycles. The van der Waals surface area contributed by atoms with Gasteiger partial charge in [-0.05, 0) is 35.4 Å². The minimum Gasteiger partial charge on any atom is -0.495 e. The number of methoxy groups -OCH3 is 1. The monoisotopic (exact) mass is 319 g/mol. The molecule has 6 heteroatoms. The van der Waals surface area contributed by atoms with Gasteiger partial charge < -0.3 is 9.64 Å². The Morgan fingerprint density at radius 3 is 2.32 bits per heavy atom. The predicted molar refractivity (Wildman–Crippen MR) is 85.0 cm³/mol. The van der Waals surface area contributed by atoms with Crippen LogP contribution in [0.1, 0.15) is 10.4 Å². The van der Waals surface area contributed by atoms with Gasteiger partial charge in [0.2, 0.25) is 0 Å². The van der Waals surface area contributed by atoms with Crippen molar-refractivity contribution in [2.24, 2.45) is 0 Å². The molecule has 0 atom stereocenters. The lowest BCUT2D eigenvalue weighted by Crippen LogP contribution is -2.21. The minimum absolute atomic E-state index is 0.106. The molecule has 5 nitrogen and oxygen atoms in total. The van der Waals surface area contributed by atoms with Crippen LogP contribution in [0.5, 0.6) is 5.75 Å². The highest BCUT2D eigenvalue weighted by atomic mass is 32.2. The first kappa shape index (κ1) is 16.0. The zero-order chi connectivity index (χ0) is 16.3. The molecule has 0 fully saturated rings. The van der Waals surface area contributed by atoms with Crippen molar-refractivity contribution in [2.45, 2.75) is 4.90 Å².